The third-order valence-corrected chi connectivity index (χ3v) is 7.82. The van der Waals surface area contributed by atoms with Gasteiger partial charge in [-0.1, -0.05) is 13.3 Å². The van der Waals surface area contributed by atoms with Gasteiger partial charge in [-0.05, 0) is 93.6 Å². The van der Waals surface area contributed by atoms with Crippen LogP contribution in [0.25, 0.3) is 0 Å². The van der Waals surface area contributed by atoms with Crippen molar-refractivity contribution in [1.82, 2.24) is 25.8 Å². The van der Waals surface area contributed by atoms with Crippen LogP contribution >= 0.6 is 11.6 Å². The number of carbonyl (C=O) groups is 2. The first-order valence-electron chi connectivity index (χ1n) is 17.5. The minimum atomic E-state index is -0.910. The summed E-state index contributed by atoms with van der Waals surface area (Å²) in [4.78, 5) is 37.4. The molecule has 0 aliphatic rings. The maximum Gasteiger partial charge on any atom is 0.336 e. The fourth-order valence-electron chi connectivity index (χ4n) is 4.92. The maximum atomic E-state index is 10.8. The molecule has 2 atom stereocenters. The van der Waals surface area contributed by atoms with Crippen LogP contribution in [-0.2, 0) is 19.3 Å². The van der Waals surface area contributed by atoms with E-state index in [4.69, 9.17) is 19.9 Å². The molecular weight excluding hydrogens is 626 g/mol. The first-order valence-corrected chi connectivity index (χ1v) is 18.2. The van der Waals surface area contributed by atoms with Gasteiger partial charge < -0.3 is 36.0 Å². The van der Waals surface area contributed by atoms with Crippen LogP contribution < -0.4 is 16.0 Å². The standard InChI is InChI=1S/C16H36N4O3.C16H35N3O3.CH3Cl/c1-17-9-7-12-19(3)11-5-6-13-20(4,14-8-10-18-2)23-15-16(21)22;1-5-6-11-18(3)12-7-8-13-19(4,14-9-10-17-2)22-15-16(20)21;1-2/h17-18H,5-15H2,1-4H3;17H,5-15H2,1-4H3;1H3/p+2. The van der Waals surface area contributed by atoms with E-state index in [0.717, 1.165) is 117 Å². The van der Waals surface area contributed by atoms with Crippen LogP contribution in [0.3, 0.4) is 0 Å². The number of carboxylic acid groups (broad SMARTS) is 2. The summed E-state index contributed by atoms with van der Waals surface area (Å²) in [5, 5.41) is 27.1. The van der Waals surface area contributed by atoms with E-state index in [1.54, 1.807) is 0 Å². The highest BCUT2D eigenvalue weighted by Gasteiger charge is 2.25. The maximum absolute atomic E-state index is 10.8. The highest BCUT2D eigenvalue weighted by Crippen LogP contribution is 2.11. The molecule has 0 saturated carbocycles. The predicted molar refractivity (Wildman–Crippen MR) is 195 cm³/mol. The predicted octanol–water partition coefficient (Wildman–Crippen LogP) is 2.81. The second kappa shape index (κ2) is 34.7. The van der Waals surface area contributed by atoms with Crippen LogP contribution in [0.2, 0.25) is 0 Å². The molecule has 0 heterocycles. The molecule has 0 aromatic rings. The Morgan fingerprint density at radius 2 is 0.915 bits per heavy atom. The van der Waals surface area contributed by atoms with Gasteiger partial charge in [0, 0.05) is 45.2 Å². The minimum absolute atomic E-state index is 0.230. The summed E-state index contributed by atoms with van der Waals surface area (Å²) in [6.07, 6.45) is 11.4. The van der Waals surface area contributed by atoms with Crippen LogP contribution in [0.1, 0.15) is 64.7 Å². The number of aliphatic carboxylic acids is 2. The van der Waals surface area contributed by atoms with Crippen LogP contribution in [0.5, 0.6) is 0 Å². The minimum Gasteiger partial charge on any atom is -0.479 e. The SMILES string of the molecule is CCCCN(C)CCCC[N+](C)(CCCNC)OCC(=O)O.CCl.CNCCCN(C)CCCC[N+](C)(CCCNC)OCC(=O)O. The third kappa shape index (κ3) is 36.0. The lowest BCUT2D eigenvalue weighted by molar-refractivity contribution is -1.09. The molecule has 0 aliphatic heterocycles. The van der Waals surface area contributed by atoms with E-state index < -0.39 is 11.9 Å². The lowest BCUT2D eigenvalue weighted by Crippen LogP contribution is -2.47. The first-order chi connectivity index (χ1) is 22.4. The summed E-state index contributed by atoms with van der Waals surface area (Å²) in [6.45, 7) is 12.4. The Balaban J connectivity index is -0.000000783. The number of alkyl halides is 1. The molecule has 284 valence electrons. The average molecular weight is 702 g/mol. The first kappa shape index (κ1) is 50.2. The van der Waals surface area contributed by atoms with Gasteiger partial charge in [-0.2, -0.15) is 19.0 Å². The van der Waals surface area contributed by atoms with E-state index in [9.17, 15) is 9.59 Å². The van der Waals surface area contributed by atoms with Gasteiger partial charge in [0.15, 0.2) is 0 Å². The van der Waals surface area contributed by atoms with Gasteiger partial charge in [-0.25, -0.2) is 9.59 Å². The smallest absolute Gasteiger partial charge is 0.336 e. The molecule has 0 radical (unpaired) electrons. The van der Waals surface area contributed by atoms with E-state index in [0.29, 0.717) is 9.29 Å². The number of hydroxylamine groups is 6. The van der Waals surface area contributed by atoms with Crippen LogP contribution in [0, 0.1) is 0 Å². The molecule has 0 aliphatic carbocycles. The number of unbranched alkanes of at least 4 members (excludes halogenated alkanes) is 3. The number of carboxylic acids is 2. The zero-order valence-corrected chi connectivity index (χ0v) is 32.5. The number of quaternary nitrogens is 2. The topological polar surface area (TPSA) is 136 Å². The number of hydrogen-bond donors (Lipinski definition) is 5. The van der Waals surface area contributed by atoms with Crippen molar-refractivity contribution < 1.29 is 38.8 Å². The molecule has 47 heavy (non-hydrogen) atoms. The molecule has 0 amide bonds. The van der Waals surface area contributed by atoms with Gasteiger partial charge in [0.05, 0.1) is 14.1 Å². The molecular formula is C33H76ClN7O6+2. The Labute approximate surface area is 293 Å². The number of nitrogens with zero attached hydrogens (tertiary/aromatic N) is 4. The molecule has 5 N–H and O–H groups in total. The lowest BCUT2D eigenvalue weighted by atomic mass is 10.2. The number of hydrogen-bond acceptors (Lipinski definition) is 9. The van der Waals surface area contributed by atoms with Crippen LogP contribution in [0.4, 0.5) is 0 Å². The van der Waals surface area contributed by atoms with Gasteiger partial charge >= 0.3 is 11.9 Å². The molecule has 0 rings (SSSR count). The van der Waals surface area contributed by atoms with E-state index in [-0.39, 0.29) is 13.2 Å². The fourth-order valence-corrected chi connectivity index (χ4v) is 4.92. The summed E-state index contributed by atoms with van der Waals surface area (Å²) in [5.41, 5.74) is 0. The molecule has 0 aromatic heterocycles. The summed E-state index contributed by atoms with van der Waals surface area (Å²) < 4.78 is 0.754. The zero-order chi connectivity index (χ0) is 36.4. The molecule has 14 heteroatoms. The number of halogens is 1. The highest BCUT2D eigenvalue weighted by molar-refractivity contribution is 6.15. The van der Waals surface area contributed by atoms with Gasteiger partial charge in [0.25, 0.3) is 0 Å². The summed E-state index contributed by atoms with van der Waals surface area (Å²) in [6, 6.07) is 0. The van der Waals surface area contributed by atoms with E-state index >= 15 is 0 Å². The average Bonchev–Trinajstić information content (AvgIpc) is 3.04. The summed E-state index contributed by atoms with van der Waals surface area (Å²) >= 11 is 4.64. The van der Waals surface area contributed by atoms with Crippen molar-refractivity contribution in [3.8, 4) is 0 Å². The van der Waals surface area contributed by atoms with Gasteiger partial charge in [0.2, 0.25) is 13.2 Å². The number of rotatable bonds is 31. The third-order valence-electron chi connectivity index (χ3n) is 7.82. The molecule has 0 bridgehead atoms. The van der Waals surface area contributed by atoms with Crippen molar-refractivity contribution >= 4 is 23.5 Å². The van der Waals surface area contributed by atoms with Gasteiger partial charge in [-0.3, -0.25) is 0 Å². The zero-order valence-electron chi connectivity index (χ0n) is 31.8. The molecule has 0 spiro atoms. The van der Waals surface area contributed by atoms with E-state index in [1.807, 2.05) is 35.2 Å². The van der Waals surface area contributed by atoms with Crippen LogP contribution in [-0.4, -0.2) is 182 Å². The quantitative estimate of drug-likeness (QED) is 0.0316. The molecule has 13 nitrogen and oxygen atoms in total. The van der Waals surface area contributed by atoms with Gasteiger partial charge in [-0.15, -0.1) is 11.6 Å². The van der Waals surface area contributed by atoms with Crippen molar-refractivity contribution in [1.29, 1.82) is 0 Å². The molecule has 0 aromatic carbocycles. The van der Waals surface area contributed by atoms with Crippen molar-refractivity contribution in [2.24, 2.45) is 0 Å². The number of nitrogens with one attached hydrogen (secondary N) is 3. The van der Waals surface area contributed by atoms with Crippen molar-refractivity contribution in [2.45, 2.75) is 64.7 Å². The van der Waals surface area contributed by atoms with Crippen molar-refractivity contribution in [2.75, 3.05) is 141 Å². The fraction of sp³-hybridized carbons (Fsp3) is 0.939. The highest BCUT2D eigenvalue weighted by atomic mass is 35.5. The Morgan fingerprint density at radius 1 is 0.596 bits per heavy atom. The summed E-state index contributed by atoms with van der Waals surface area (Å²) in [7, 11) is 14.1. The monoisotopic (exact) mass is 702 g/mol. The largest absolute Gasteiger partial charge is 0.479 e. The van der Waals surface area contributed by atoms with E-state index in [2.05, 4.69) is 58.4 Å². The molecule has 0 saturated heterocycles. The Bertz CT molecular complexity index is 716. The normalized spacial score (nSPS) is 13.7. The second-order valence-electron chi connectivity index (χ2n) is 12.6. The Kier molecular flexibility index (Phi) is 37.1. The van der Waals surface area contributed by atoms with E-state index in [1.165, 1.54) is 19.2 Å². The second-order valence-corrected chi connectivity index (χ2v) is 12.6. The van der Waals surface area contributed by atoms with Crippen molar-refractivity contribution in [3.05, 3.63) is 0 Å². The molecule has 2 unspecified atom stereocenters. The van der Waals surface area contributed by atoms with Gasteiger partial charge in [0.1, 0.15) is 26.2 Å². The van der Waals surface area contributed by atoms with Crippen molar-refractivity contribution in [3.63, 3.8) is 0 Å². The Hall–Kier alpha value is -1.13. The van der Waals surface area contributed by atoms with Crippen LogP contribution in [0.15, 0.2) is 0 Å². The summed E-state index contributed by atoms with van der Waals surface area (Å²) in [5.74, 6) is -1.82. The molecule has 0 fully saturated rings. The lowest BCUT2D eigenvalue weighted by Gasteiger charge is -2.31. The Morgan fingerprint density at radius 3 is 1.26 bits per heavy atom.